The van der Waals surface area contributed by atoms with E-state index in [-0.39, 0.29) is 17.7 Å². The van der Waals surface area contributed by atoms with E-state index in [9.17, 15) is 9.59 Å². The molecule has 0 aliphatic carbocycles. The molecule has 1 aromatic heterocycles. The number of carbonyl (C=O) groups excluding carboxylic acids is 2. The molecule has 0 unspecified atom stereocenters. The molecule has 6 heteroatoms. The highest BCUT2D eigenvalue weighted by Gasteiger charge is 2.17. The first-order valence-corrected chi connectivity index (χ1v) is 8.84. The first-order valence-electron chi connectivity index (χ1n) is 8.46. The summed E-state index contributed by atoms with van der Waals surface area (Å²) in [4.78, 5) is 30.4. The number of para-hydroxylation sites is 1. The third kappa shape index (κ3) is 4.63. The van der Waals surface area contributed by atoms with Crippen molar-refractivity contribution in [3.63, 3.8) is 0 Å². The summed E-state index contributed by atoms with van der Waals surface area (Å²) in [7, 11) is 1.68. The minimum absolute atomic E-state index is 0.198. The van der Waals surface area contributed by atoms with E-state index < -0.39 is 5.97 Å². The fourth-order valence-electron chi connectivity index (χ4n) is 2.68. The fourth-order valence-corrected chi connectivity index (χ4v) is 2.88. The van der Waals surface area contributed by atoms with Gasteiger partial charge >= 0.3 is 5.97 Å². The summed E-state index contributed by atoms with van der Waals surface area (Å²) in [6.45, 7) is 2.11. The second-order valence-corrected chi connectivity index (χ2v) is 6.71. The average molecular weight is 383 g/mol. The molecule has 0 aliphatic rings. The number of amides is 1. The molecule has 0 radical (unpaired) electrons. The summed E-state index contributed by atoms with van der Waals surface area (Å²) in [6.07, 6.45) is 0. The third-order valence-corrected chi connectivity index (χ3v) is 4.39. The molecule has 3 aromatic rings. The molecular weight excluding hydrogens is 364 g/mol. The van der Waals surface area contributed by atoms with Crippen molar-refractivity contribution in [3.8, 4) is 0 Å². The largest absolute Gasteiger partial charge is 0.452 e. The van der Waals surface area contributed by atoms with Crippen LogP contribution in [0.2, 0.25) is 5.15 Å². The van der Waals surface area contributed by atoms with Gasteiger partial charge in [-0.25, -0.2) is 9.78 Å². The number of esters is 1. The Morgan fingerprint density at radius 3 is 2.56 bits per heavy atom. The zero-order valence-electron chi connectivity index (χ0n) is 15.1. The van der Waals surface area contributed by atoms with Crippen LogP contribution in [0.3, 0.4) is 0 Å². The van der Waals surface area contributed by atoms with Crippen LogP contribution in [0.25, 0.3) is 10.9 Å². The molecule has 0 spiro atoms. The second-order valence-electron chi connectivity index (χ2n) is 6.32. The van der Waals surface area contributed by atoms with Gasteiger partial charge in [0.15, 0.2) is 6.61 Å². The lowest BCUT2D eigenvalue weighted by Crippen LogP contribution is -2.30. The molecule has 138 valence electrons. The number of fused-ring (bicyclic) bond motifs is 1. The Hall–Kier alpha value is -2.92. The van der Waals surface area contributed by atoms with E-state index in [1.54, 1.807) is 25.2 Å². The zero-order chi connectivity index (χ0) is 19.4. The van der Waals surface area contributed by atoms with E-state index in [1.807, 2.05) is 37.3 Å². The summed E-state index contributed by atoms with van der Waals surface area (Å²) in [5.41, 5.74) is 3.05. The molecular formula is C21H19ClN2O3. The molecule has 1 amide bonds. The SMILES string of the molecule is Cc1ccc(CN(C)C(=O)COC(=O)c2cc(Cl)nc3ccccc23)cc1. The molecule has 0 bridgehead atoms. The lowest BCUT2D eigenvalue weighted by Gasteiger charge is -2.17. The molecule has 0 N–H and O–H groups in total. The average Bonchev–Trinajstić information content (AvgIpc) is 2.66. The third-order valence-electron chi connectivity index (χ3n) is 4.20. The van der Waals surface area contributed by atoms with Gasteiger partial charge in [-0.3, -0.25) is 4.79 Å². The van der Waals surface area contributed by atoms with Crippen molar-refractivity contribution in [1.82, 2.24) is 9.88 Å². The van der Waals surface area contributed by atoms with E-state index in [1.165, 1.54) is 11.0 Å². The van der Waals surface area contributed by atoms with Crippen molar-refractivity contribution < 1.29 is 14.3 Å². The minimum atomic E-state index is -0.604. The molecule has 2 aromatic carbocycles. The lowest BCUT2D eigenvalue weighted by atomic mass is 10.1. The van der Waals surface area contributed by atoms with Crippen LogP contribution in [0, 0.1) is 6.92 Å². The Kier molecular flexibility index (Phi) is 5.72. The van der Waals surface area contributed by atoms with Crippen molar-refractivity contribution in [2.45, 2.75) is 13.5 Å². The van der Waals surface area contributed by atoms with E-state index >= 15 is 0 Å². The maximum absolute atomic E-state index is 12.5. The number of aryl methyl sites for hydroxylation is 1. The highest BCUT2D eigenvalue weighted by atomic mass is 35.5. The van der Waals surface area contributed by atoms with Gasteiger partial charge in [0.2, 0.25) is 0 Å². The molecule has 1 heterocycles. The van der Waals surface area contributed by atoms with E-state index in [0.29, 0.717) is 23.0 Å². The highest BCUT2D eigenvalue weighted by Crippen LogP contribution is 2.21. The van der Waals surface area contributed by atoms with Crippen molar-refractivity contribution in [2.24, 2.45) is 0 Å². The van der Waals surface area contributed by atoms with Gasteiger partial charge in [-0.1, -0.05) is 59.6 Å². The predicted molar refractivity (Wildman–Crippen MR) is 105 cm³/mol. The van der Waals surface area contributed by atoms with Gasteiger partial charge in [0.05, 0.1) is 11.1 Å². The maximum atomic E-state index is 12.5. The van der Waals surface area contributed by atoms with Crippen LogP contribution in [0.15, 0.2) is 54.6 Å². The topological polar surface area (TPSA) is 59.5 Å². The summed E-state index contributed by atoms with van der Waals surface area (Å²) in [5, 5.41) is 0.829. The predicted octanol–water partition coefficient (Wildman–Crippen LogP) is 4.01. The number of pyridine rings is 1. The van der Waals surface area contributed by atoms with Gasteiger partial charge in [0, 0.05) is 19.0 Å². The number of aromatic nitrogens is 1. The fraction of sp³-hybridized carbons (Fsp3) is 0.190. The minimum Gasteiger partial charge on any atom is -0.452 e. The number of nitrogens with zero attached hydrogens (tertiary/aromatic N) is 2. The zero-order valence-corrected chi connectivity index (χ0v) is 15.9. The molecule has 0 fully saturated rings. The monoisotopic (exact) mass is 382 g/mol. The highest BCUT2D eigenvalue weighted by molar-refractivity contribution is 6.30. The molecule has 27 heavy (non-hydrogen) atoms. The first-order chi connectivity index (χ1) is 12.9. The van der Waals surface area contributed by atoms with Crippen LogP contribution in [0.4, 0.5) is 0 Å². The van der Waals surface area contributed by atoms with E-state index in [4.69, 9.17) is 16.3 Å². The van der Waals surface area contributed by atoms with Crippen molar-refractivity contribution in [3.05, 3.63) is 76.4 Å². The Labute approximate surface area is 162 Å². The number of ether oxygens (including phenoxy) is 1. The summed E-state index contributed by atoms with van der Waals surface area (Å²) in [5.74, 6) is -0.888. The van der Waals surface area contributed by atoms with Crippen molar-refractivity contribution in [1.29, 1.82) is 0 Å². The van der Waals surface area contributed by atoms with Gasteiger partial charge < -0.3 is 9.64 Å². The normalized spacial score (nSPS) is 10.6. The Morgan fingerprint density at radius 2 is 1.81 bits per heavy atom. The van der Waals surface area contributed by atoms with Gasteiger partial charge in [-0.15, -0.1) is 0 Å². The Morgan fingerprint density at radius 1 is 1.11 bits per heavy atom. The van der Waals surface area contributed by atoms with Crippen LogP contribution in [-0.2, 0) is 16.1 Å². The van der Waals surface area contributed by atoms with Crippen LogP contribution in [0.1, 0.15) is 21.5 Å². The molecule has 3 rings (SSSR count). The number of carbonyl (C=O) groups is 2. The smallest absolute Gasteiger partial charge is 0.339 e. The van der Waals surface area contributed by atoms with Crippen LogP contribution in [-0.4, -0.2) is 35.4 Å². The standard InChI is InChI=1S/C21H19ClN2O3/c1-14-7-9-15(10-8-14)12-24(2)20(25)13-27-21(26)17-11-19(22)23-18-6-4-3-5-16(17)18/h3-11H,12-13H2,1-2H3. The van der Waals surface area contributed by atoms with Crippen molar-refractivity contribution >= 4 is 34.4 Å². The number of hydrogen-bond donors (Lipinski definition) is 0. The summed E-state index contributed by atoms with van der Waals surface area (Å²) < 4.78 is 5.21. The van der Waals surface area contributed by atoms with Gasteiger partial charge in [-0.2, -0.15) is 0 Å². The Bertz CT molecular complexity index is 986. The molecule has 0 atom stereocenters. The molecule has 0 saturated carbocycles. The molecule has 0 aliphatic heterocycles. The second kappa shape index (κ2) is 8.18. The summed E-state index contributed by atoms with van der Waals surface area (Å²) in [6, 6.07) is 16.5. The van der Waals surface area contributed by atoms with Crippen LogP contribution >= 0.6 is 11.6 Å². The number of rotatable bonds is 5. The lowest BCUT2D eigenvalue weighted by molar-refractivity contribution is -0.133. The van der Waals surface area contributed by atoms with E-state index in [0.717, 1.165) is 11.1 Å². The van der Waals surface area contributed by atoms with Gasteiger partial charge in [0.25, 0.3) is 5.91 Å². The quantitative estimate of drug-likeness (QED) is 0.494. The number of likely N-dealkylation sites (N-methyl/N-ethyl adjacent to an activating group) is 1. The van der Waals surface area contributed by atoms with Gasteiger partial charge in [0.1, 0.15) is 5.15 Å². The number of hydrogen-bond acceptors (Lipinski definition) is 4. The number of benzene rings is 2. The first kappa shape index (κ1) is 18.9. The number of halogens is 1. The van der Waals surface area contributed by atoms with Crippen LogP contribution in [0.5, 0.6) is 0 Å². The molecule has 5 nitrogen and oxygen atoms in total. The maximum Gasteiger partial charge on any atom is 0.339 e. The molecule has 0 saturated heterocycles. The van der Waals surface area contributed by atoms with Crippen LogP contribution < -0.4 is 0 Å². The van der Waals surface area contributed by atoms with Gasteiger partial charge in [-0.05, 0) is 24.6 Å². The summed E-state index contributed by atoms with van der Waals surface area (Å²) >= 11 is 5.99. The van der Waals surface area contributed by atoms with E-state index in [2.05, 4.69) is 4.98 Å². The Balaban J connectivity index is 1.65. The van der Waals surface area contributed by atoms with Crippen molar-refractivity contribution in [2.75, 3.05) is 13.7 Å².